The number of fused-ring (bicyclic) bond motifs is 15. The van der Waals surface area contributed by atoms with Gasteiger partial charge in [0.2, 0.25) is 0 Å². The van der Waals surface area contributed by atoms with E-state index in [4.69, 9.17) is 0 Å². The van der Waals surface area contributed by atoms with E-state index in [0.717, 1.165) is 33.8 Å². The Morgan fingerprint density at radius 2 is 0.470 bits per heavy atom. The molecule has 11 aromatic carbocycles. The van der Waals surface area contributed by atoms with Crippen molar-refractivity contribution in [2.75, 3.05) is 0 Å². The second-order valence-corrected chi connectivity index (χ2v) is 17.3. The lowest BCUT2D eigenvalue weighted by atomic mass is 9.93. The first-order valence-corrected chi connectivity index (χ1v) is 22.7. The predicted octanol–water partition coefficient (Wildman–Crippen LogP) is 16.4. The fourth-order valence-corrected chi connectivity index (χ4v) is 10.9. The van der Waals surface area contributed by atoms with Crippen molar-refractivity contribution < 1.29 is 0 Å². The highest BCUT2D eigenvalue weighted by atomic mass is 15.0. The monoisotopic (exact) mass is 840 g/mol. The molecule has 0 bridgehead atoms. The normalized spacial score (nSPS) is 11.9. The maximum Gasteiger partial charge on any atom is 0.0703 e. The quantitative estimate of drug-likeness (QED) is 0.168. The maximum atomic E-state index is 2.44. The molecule has 0 aliphatic rings. The van der Waals surface area contributed by atoms with Crippen LogP contribution < -0.4 is 0 Å². The van der Waals surface area contributed by atoms with Gasteiger partial charge in [-0.15, -0.1) is 0 Å². The van der Waals surface area contributed by atoms with Crippen LogP contribution in [0.15, 0.2) is 243 Å². The smallest absolute Gasteiger partial charge is 0.0703 e. The second-order valence-electron chi connectivity index (χ2n) is 17.3. The molecule has 0 saturated carbocycles. The Labute approximate surface area is 380 Å². The lowest BCUT2D eigenvalue weighted by Gasteiger charge is -2.19. The van der Waals surface area contributed by atoms with E-state index < -0.39 is 0 Å². The standard InChI is InChI=1S/C62H40N4/c1-3-17-41(18-4-1)63-35-36-64(42-19-5-2-6-20-42)62-40-56-54-38-44(66-59-29-15-11-25-51(59)52-26-12-16-30-60(52)66)32-34-48(54)47-33-31-43(37-53(47)45-21-7-8-22-46(45)55(56)39-61(62)63)65-57-27-13-9-23-49(57)50-24-10-14-28-58(50)65/h1-40H. The van der Waals surface area contributed by atoms with E-state index in [9.17, 15) is 0 Å². The predicted molar refractivity (Wildman–Crippen MR) is 279 cm³/mol. The molecule has 0 radical (unpaired) electrons. The second kappa shape index (κ2) is 14.3. The average molecular weight is 841 g/mol. The zero-order valence-electron chi connectivity index (χ0n) is 35.9. The first kappa shape index (κ1) is 36.6. The molecule has 0 spiro atoms. The van der Waals surface area contributed by atoms with Crippen molar-refractivity contribution in [3.8, 4) is 22.7 Å². The van der Waals surface area contributed by atoms with Crippen LogP contribution in [-0.4, -0.2) is 18.3 Å². The summed E-state index contributed by atoms with van der Waals surface area (Å²) < 4.78 is 9.55. The van der Waals surface area contributed by atoms with Crippen LogP contribution in [0.25, 0.3) is 120 Å². The van der Waals surface area contributed by atoms with Crippen LogP contribution in [0.3, 0.4) is 0 Å². The van der Waals surface area contributed by atoms with E-state index >= 15 is 0 Å². The third-order valence-electron chi connectivity index (χ3n) is 13.8. The molecule has 0 N–H and O–H groups in total. The molecule has 4 nitrogen and oxygen atoms in total. The number of para-hydroxylation sites is 6. The highest BCUT2D eigenvalue weighted by molar-refractivity contribution is 6.28. The van der Waals surface area contributed by atoms with Gasteiger partial charge in [0, 0.05) is 56.7 Å². The van der Waals surface area contributed by atoms with Crippen LogP contribution in [0.1, 0.15) is 0 Å². The summed E-state index contributed by atoms with van der Waals surface area (Å²) in [5.41, 5.74) is 11.5. The van der Waals surface area contributed by atoms with Crippen molar-refractivity contribution in [2.24, 2.45) is 0 Å². The van der Waals surface area contributed by atoms with Crippen molar-refractivity contribution in [1.29, 1.82) is 0 Å². The molecule has 14 aromatic rings. The fraction of sp³-hybridized carbons (Fsp3) is 0. The van der Waals surface area contributed by atoms with Crippen LogP contribution in [0.4, 0.5) is 0 Å². The summed E-state index contributed by atoms with van der Waals surface area (Å²) in [5.74, 6) is 0. The van der Waals surface area contributed by atoms with E-state index in [-0.39, 0.29) is 0 Å². The molecule has 0 aliphatic carbocycles. The van der Waals surface area contributed by atoms with Gasteiger partial charge in [0.05, 0.1) is 33.1 Å². The topological polar surface area (TPSA) is 19.7 Å². The van der Waals surface area contributed by atoms with Gasteiger partial charge in [0.15, 0.2) is 0 Å². The van der Waals surface area contributed by atoms with Crippen molar-refractivity contribution in [3.05, 3.63) is 243 Å². The van der Waals surface area contributed by atoms with Gasteiger partial charge in [0.1, 0.15) is 0 Å². The van der Waals surface area contributed by atoms with Crippen LogP contribution in [0, 0.1) is 0 Å². The Morgan fingerprint density at radius 1 is 0.182 bits per heavy atom. The zero-order chi connectivity index (χ0) is 43.3. The Morgan fingerprint density at radius 3 is 0.864 bits per heavy atom. The van der Waals surface area contributed by atoms with E-state index in [1.54, 1.807) is 0 Å². The maximum absolute atomic E-state index is 2.44. The van der Waals surface area contributed by atoms with Crippen LogP contribution in [0.2, 0.25) is 0 Å². The highest BCUT2D eigenvalue weighted by Crippen LogP contribution is 2.42. The lowest BCUT2D eigenvalue weighted by Crippen LogP contribution is -2.05. The molecule has 0 saturated heterocycles. The molecule has 3 heterocycles. The largest absolute Gasteiger partial charge is 0.314 e. The average Bonchev–Trinajstić information content (AvgIpc) is 3.91. The minimum atomic E-state index is 1.11. The van der Waals surface area contributed by atoms with Crippen molar-refractivity contribution in [2.45, 2.75) is 0 Å². The Bertz CT molecular complexity index is 4230. The van der Waals surface area contributed by atoms with Crippen LogP contribution in [-0.2, 0) is 0 Å². The molecule has 4 heteroatoms. The van der Waals surface area contributed by atoms with Crippen LogP contribution in [0.5, 0.6) is 0 Å². The zero-order valence-corrected chi connectivity index (χ0v) is 35.9. The summed E-state index contributed by atoms with van der Waals surface area (Å²) >= 11 is 0. The highest BCUT2D eigenvalue weighted by Gasteiger charge is 2.18. The number of aromatic nitrogens is 4. The van der Waals surface area contributed by atoms with Gasteiger partial charge < -0.3 is 18.3 Å². The summed E-state index contributed by atoms with van der Waals surface area (Å²) in [6, 6.07) is 84.7. The molecular weight excluding hydrogens is 801 g/mol. The van der Waals surface area contributed by atoms with Crippen molar-refractivity contribution in [1.82, 2.24) is 18.3 Å². The fourth-order valence-electron chi connectivity index (χ4n) is 10.9. The summed E-state index contributed by atoms with van der Waals surface area (Å²) in [6.45, 7) is 0. The van der Waals surface area contributed by atoms with Gasteiger partial charge in [-0.05, 0) is 128 Å². The van der Waals surface area contributed by atoms with E-state index in [0.29, 0.717) is 0 Å². The number of hydrogen-bond acceptors (Lipinski definition) is 0. The van der Waals surface area contributed by atoms with Gasteiger partial charge in [0.25, 0.3) is 0 Å². The van der Waals surface area contributed by atoms with Gasteiger partial charge in [-0.1, -0.05) is 146 Å². The van der Waals surface area contributed by atoms with Gasteiger partial charge in [-0.3, -0.25) is 0 Å². The van der Waals surface area contributed by atoms with Crippen molar-refractivity contribution >= 4 is 97.7 Å². The molecule has 0 amide bonds. The summed E-state index contributed by atoms with van der Waals surface area (Å²) in [7, 11) is 0. The van der Waals surface area contributed by atoms with E-state index in [1.165, 1.54) is 86.7 Å². The summed E-state index contributed by atoms with van der Waals surface area (Å²) in [5, 5.41) is 14.5. The van der Waals surface area contributed by atoms with Gasteiger partial charge in [-0.25, -0.2) is 0 Å². The van der Waals surface area contributed by atoms with Gasteiger partial charge >= 0.3 is 0 Å². The summed E-state index contributed by atoms with van der Waals surface area (Å²) in [4.78, 5) is 0. The SMILES string of the molecule is c1ccc(-n2ccn(-c3ccccc3)c3cc4c5cc(-n6c7ccccc7c7ccccc76)ccc5c5ccc(-n6c7ccccc7c7ccccc76)cc5c5ccccc5c4cc32)cc1. The molecule has 308 valence electrons. The van der Waals surface area contributed by atoms with E-state index in [1.807, 2.05) is 0 Å². The Kier molecular flexibility index (Phi) is 7.95. The van der Waals surface area contributed by atoms with E-state index in [2.05, 4.69) is 261 Å². The number of hydrogen-bond donors (Lipinski definition) is 0. The molecule has 0 aliphatic heterocycles. The van der Waals surface area contributed by atoms with Crippen molar-refractivity contribution in [3.63, 3.8) is 0 Å². The third-order valence-corrected chi connectivity index (χ3v) is 13.8. The Hall–Kier alpha value is -8.86. The summed E-state index contributed by atoms with van der Waals surface area (Å²) in [6.07, 6.45) is 4.41. The molecule has 0 atom stereocenters. The molecular formula is C62H40N4. The molecule has 14 rings (SSSR count). The molecule has 0 fully saturated rings. The molecule has 3 aromatic heterocycles. The minimum absolute atomic E-state index is 1.11. The Balaban J connectivity index is 1.19. The number of nitrogens with zero attached hydrogens (tertiary/aromatic N) is 4. The van der Waals surface area contributed by atoms with Crippen LogP contribution >= 0.6 is 0 Å². The minimum Gasteiger partial charge on any atom is -0.314 e. The molecule has 0 unspecified atom stereocenters. The lowest BCUT2D eigenvalue weighted by molar-refractivity contribution is 1.01. The first-order chi connectivity index (χ1) is 32.8. The van der Waals surface area contributed by atoms with Gasteiger partial charge in [-0.2, -0.15) is 0 Å². The first-order valence-electron chi connectivity index (χ1n) is 22.7. The number of rotatable bonds is 4. The number of benzene rings is 10. The molecule has 66 heavy (non-hydrogen) atoms. The third kappa shape index (κ3) is 5.39.